The lowest BCUT2D eigenvalue weighted by Crippen LogP contribution is -2.30. The molecule has 2 aliphatic rings. The SMILES string of the molecule is CC(C)(C)OC(=O)C1C2=CC=CC=C1C=CC=C2. The molecule has 2 aliphatic carbocycles. The third-order valence-electron chi connectivity index (χ3n) is 2.69. The third-order valence-corrected chi connectivity index (χ3v) is 2.69. The first-order chi connectivity index (χ1) is 8.47. The van der Waals surface area contributed by atoms with Crippen LogP contribution in [0.1, 0.15) is 20.8 Å². The van der Waals surface area contributed by atoms with Gasteiger partial charge in [0.1, 0.15) is 11.5 Å². The van der Waals surface area contributed by atoms with Crippen LogP contribution in [0.5, 0.6) is 0 Å². The number of hydrogen-bond donors (Lipinski definition) is 0. The second-order valence-electron chi connectivity index (χ2n) is 5.40. The Balaban J connectivity index is 2.34. The Hall–Kier alpha value is -1.83. The van der Waals surface area contributed by atoms with Crippen LogP contribution in [0.3, 0.4) is 0 Å². The van der Waals surface area contributed by atoms with E-state index in [4.69, 9.17) is 4.74 Å². The average molecular weight is 242 g/mol. The highest BCUT2D eigenvalue weighted by molar-refractivity contribution is 5.82. The summed E-state index contributed by atoms with van der Waals surface area (Å²) in [6.45, 7) is 5.66. The summed E-state index contributed by atoms with van der Waals surface area (Å²) in [4.78, 5) is 12.3. The Morgan fingerprint density at radius 2 is 1.50 bits per heavy atom. The van der Waals surface area contributed by atoms with Crippen molar-refractivity contribution in [2.75, 3.05) is 0 Å². The molecule has 0 amide bonds. The number of hydrogen-bond acceptors (Lipinski definition) is 2. The van der Waals surface area contributed by atoms with Gasteiger partial charge in [-0.1, -0.05) is 48.6 Å². The van der Waals surface area contributed by atoms with Gasteiger partial charge in [0.2, 0.25) is 0 Å². The summed E-state index contributed by atoms with van der Waals surface area (Å²) in [7, 11) is 0. The lowest BCUT2D eigenvalue weighted by atomic mass is 9.91. The first kappa shape index (κ1) is 12.6. The lowest BCUT2D eigenvalue weighted by Gasteiger charge is -2.24. The van der Waals surface area contributed by atoms with Gasteiger partial charge < -0.3 is 4.74 Å². The molecular weight excluding hydrogens is 224 g/mol. The van der Waals surface area contributed by atoms with Crippen LogP contribution in [-0.4, -0.2) is 11.6 Å². The van der Waals surface area contributed by atoms with E-state index in [1.165, 1.54) is 0 Å². The molecule has 94 valence electrons. The number of carbonyl (C=O) groups excluding carboxylic acids is 1. The van der Waals surface area contributed by atoms with Gasteiger partial charge in [0, 0.05) is 0 Å². The molecule has 0 aromatic rings. The van der Waals surface area contributed by atoms with E-state index in [9.17, 15) is 4.79 Å². The van der Waals surface area contributed by atoms with Gasteiger partial charge >= 0.3 is 5.97 Å². The topological polar surface area (TPSA) is 26.3 Å². The Kier molecular flexibility index (Phi) is 3.37. The Labute approximate surface area is 108 Å². The molecule has 2 bridgehead atoms. The fraction of sp³-hybridized carbons (Fsp3) is 0.312. The number of fused-ring (bicyclic) bond motifs is 2. The summed E-state index contributed by atoms with van der Waals surface area (Å²) in [5.74, 6) is -0.519. The zero-order valence-corrected chi connectivity index (χ0v) is 11.0. The van der Waals surface area contributed by atoms with Crippen LogP contribution >= 0.6 is 0 Å². The summed E-state index contributed by atoms with van der Waals surface area (Å²) in [5.41, 5.74) is 1.47. The predicted molar refractivity (Wildman–Crippen MR) is 72.9 cm³/mol. The molecule has 0 spiro atoms. The number of allylic oxidation sites excluding steroid dienone is 8. The van der Waals surface area contributed by atoms with Crippen molar-refractivity contribution in [3.8, 4) is 0 Å². The van der Waals surface area contributed by atoms with Crippen molar-refractivity contribution in [1.29, 1.82) is 0 Å². The smallest absolute Gasteiger partial charge is 0.318 e. The van der Waals surface area contributed by atoms with Crippen LogP contribution in [0.4, 0.5) is 0 Å². The molecule has 0 aromatic heterocycles. The highest BCUT2D eigenvalue weighted by Crippen LogP contribution is 2.30. The first-order valence-electron chi connectivity index (χ1n) is 6.13. The van der Waals surface area contributed by atoms with Gasteiger partial charge in [0.05, 0.1) is 0 Å². The molecule has 2 rings (SSSR count). The summed E-state index contributed by atoms with van der Waals surface area (Å²) < 4.78 is 5.51. The molecule has 0 radical (unpaired) electrons. The molecule has 0 aliphatic heterocycles. The van der Waals surface area contributed by atoms with Crippen LogP contribution < -0.4 is 0 Å². The monoisotopic (exact) mass is 242 g/mol. The molecule has 0 N–H and O–H groups in total. The zero-order valence-electron chi connectivity index (χ0n) is 11.0. The van der Waals surface area contributed by atoms with Crippen molar-refractivity contribution in [1.82, 2.24) is 0 Å². The van der Waals surface area contributed by atoms with Crippen molar-refractivity contribution >= 4 is 5.97 Å². The second-order valence-corrected chi connectivity index (χ2v) is 5.40. The number of carbonyl (C=O) groups is 1. The van der Waals surface area contributed by atoms with Crippen molar-refractivity contribution < 1.29 is 9.53 Å². The minimum absolute atomic E-state index is 0.195. The van der Waals surface area contributed by atoms with E-state index in [2.05, 4.69) is 0 Å². The second kappa shape index (κ2) is 4.81. The fourth-order valence-electron chi connectivity index (χ4n) is 1.99. The standard InChI is InChI=1S/C16H18O2/c1-16(2,3)18-15(17)14-12-8-4-5-9-13(14)11-7-6-10-12/h4-11,14H,1-3H3. The predicted octanol–water partition coefficient (Wildman–Crippen LogP) is 3.49. The molecule has 2 heteroatoms. The van der Waals surface area contributed by atoms with Crippen LogP contribution in [0.2, 0.25) is 0 Å². The molecule has 0 aromatic carbocycles. The minimum Gasteiger partial charge on any atom is -0.459 e. The van der Waals surface area contributed by atoms with E-state index in [1.54, 1.807) is 0 Å². The van der Waals surface area contributed by atoms with Crippen LogP contribution in [0.15, 0.2) is 59.8 Å². The highest BCUT2D eigenvalue weighted by Gasteiger charge is 2.30. The van der Waals surface area contributed by atoms with E-state index in [1.807, 2.05) is 69.4 Å². The lowest BCUT2D eigenvalue weighted by molar-refractivity contribution is -0.157. The summed E-state index contributed by atoms with van der Waals surface area (Å²) in [5, 5.41) is 0. The largest absolute Gasteiger partial charge is 0.459 e. The highest BCUT2D eigenvalue weighted by atomic mass is 16.6. The summed E-state index contributed by atoms with van der Waals surface area (Å²) in [6, 6.07) is 0. The maximum atomic E-state index is 12.3. The maximum absolute atomic E-state index is 12.3. The van der Waals surface area contributed by atoms with Gasteiger partial charge in [-0.3, -0.25) is 4.79 Å². The van der Waals surface area contributed by atoms with Gasteiger partial charge in [0.25, 0.3) is 0 Å². The van der Waals surface area contributed by atoms with Crippen LogP contribution in [0.25, 0.3) is 0 Å². The van der Waals surface area contributed by atoms with Gasteiger partial charge in [-0.05, 0) is 31.9 Å². The summed E-state index contributed by atoms with van der Waals surface area (Å²) >= 11 is 0. The van der Waals surface area contributed by atoms with Crippen LogP contribution in [0, 0.1) is 5.92 Å². The number of esters is 1. The number of ether oxygens (including phenoxy) is 1. The van der Waals surface area contributed by atoms with Crippen molar-refractivity contribution in [2.45, 2.75) is 26.4 Å². The molecule has 18 heavy (non-hydrogen) atoms. The Morgan fingerprint density at radius 3 is 1.94 bits per heavy atom. The van der Waals surface area contributed by atoms with E-state index in [-0.39, 0.29) is 11.9 Å². The minimum atomic E-state index is -0.464. The quantitative estimate of drug-likeness (QED) is 0.658. The molecular formula is C16H18O2. The number of rotatable bonds is 1. The third kappa shape index (κ3) is 2.89. The molecule has 2 nitrogen and oxygen atoms in total. The molecule has 0 saturated heterocycles. The molecule has 0 unspecified atom stereocenters. The van der Waals surface area contributed by atoms with Crippen molar-refractivity contribution in [3.63, 3.8) is 0 Å². The van der Waals surface area contributed by atoms with Gasteiger partial charge in [-0.25, -0.2) is 0 Å². The first-order valence-corrected chi connectivity index (χ1v) is 6.13. The van der Waals surface area contributed by atoms with Crippen molar-refractivity contribution in [2.24, 2.45) is 5.92 Å². The van der Waals surface area contributed by atoms with E-state index in [0.717, 1.165) is 11.1 Å². The average Bonchev–Trinajstić information content (AvgIpc) is 2.57. The molecule has 0 heterocycles. The van der Waals surface area contributed by atoms with Gasteiger partial charge in [0.15, 0.2) is 0 Å². The van der Waals surface area contributed by atoms with Crippen LogP contribution in [-0.2, 0) is 9.53 Å². The van der Waals surface area contributed by atoms with E-state index in [0.29, 0.717) is 0 Å². The zero-order chi connectivity index (χ0) is 13.2. The molecule has 0 atom stereocenters. The normalized spacial score (nSPS) is 18.8. The van der Waals surface area contributed by atoms with E-state index >= 15 is 0 Å². The Bertz CT molecular complexity index is 462. The molecule has 0 saturated carbocycles. The van der Waals surface area contributed by atoms with Gasteiger partial charge in [-0.2, -0.15) is 0 Å². The summed E-state index contributed by atoms with van der Waals surface area (Å²) in [6.07, 6.45) is 15.6. The maximum Gasteiger partial charge on any atom is 0.318 e. The Morgan fingerprint density at radius 1 is 1.00 bits per heavy atom. The van der Waals surface area contributed by atoms with Crippen molar-refractivity contribution in [3.05, 3.63) is 59.8 Å². The fourth-order valence-corrected chi connectivity index (χ4v) is 1.99. The van der Waals surface area contributed by atoms with E-state index < -0.39 is 5.60 Å². The molecule has 0 fully saturated rings. The van der Waals surface area contributed by atoms with Gasteiger partial charge in [-0.15, -0.1) is 0 Å².